The summed E-state index contributed by atoms with van der Waals surface area (Å²) >= 11 is 1.58. The molecule has 0 spiro atoms. The van der Waals surface area contributed by atoms with E-state index in [1.54, 1.807) is 11.3 Å². The number of benzene rings is 1. The minimum Gasteiger partial charge on any atom is -0.335 e. The Morgan fingerprint density at radius 3 is 3.33 bits per heavy atom. The Labute approximate surface area is 125 Å². The van der Waals surface area contributed by atoms with E-state index in [1.807, 2.05) is 36.2 Å². The van der Waals surface area contributed by atoms with E-state index in [1.165, 1.54) is 0 Å². The van der Waals surface area contributed by atoms with Crippen LogP contribution in [0, 0.1) is 5.92 Å². The Hall–Kier alpha value is -2.21. The number of amides is 1. The third kappa shape index (κ3) is 2.31. The molecule has 0 saturated carbocycles. The second-order valence-corrected chi connectivity index (χ2v) is 6.18. The highest BCUT2D eigenvalue weighted by Gasteiger charge is 2.24. The molecule has 4 rings (SSSR count). The lowest BCUT2D eigenvalue weighted by atomic mass is 9.95. The van der Waals surface area contributed by atoms with Crippen molar-refractivity contribution in [2.24, 2.45) is 5.92 Å². The first-order chi connectivity index (χ1) is 10.3. The maximum Gasteiger partial charge on any atom is 0.227 e. The molecule has 0 saturated heterocycles. The molecule has 3 aromatic rings. The third-order valence-electron chi connectivity index (χ3n) is 3.94. The van der Waals surface area contributed by atoms with Gasteiger partial charge in [-0.1, -0.05) is 0 Å². The number of carbonyl (C=O) groups excluding carboxylic acids is 1. The quantitative estimate of drug-likeness (QED) is 0.791. The SMILES string of the molecule is O=C(Nc1ccc2ncsc2c1)C1CCn2cncc2C1. The molecule has 1 atom stereocenters. The van der Waals surface area contributed by atoms with Gasteiger partial charge >= 0.3 is 0 Å². The summed E-state index contributed by atoms with van der Waals surface area (Å²) in [5.74, 6) is 0.109. The van der Waals surface area contributed by atoms with Gasteiger partial charge in [0, 0.05) is 36.5 Å². The lowest BCUT2D eigenvalue weighted by Crippen LogP contribution is -2.29. The summed E-state index contributed by atoms with van der Waals surface area (Å²) in [5.41, 5.74) is 4.77. The topological polar surface area (TPSA) is 59.8 Å². The summed E-state index contributed by atoms with van der Waals surface area (Å²) in [4.78, 5) is 20.8. The number of carbonyl (C=O) groups is 1. The van der Waals surface area contributed by atoms with Crippen molar-refractivity contribution in [1.82, 2.24) is 14.5 Å². The fraction of sp³-hybridized carbons (Fsp3) is 0.267. The van der Waals surface area contributed by atoms with Gasteiger partial charge in [0.2, 0.25) is 5.91 Å². The van der Waals surface area contributed by atoms with Crippen LogP contribution >= 0.6 is 11.3 Å². The summed E-state index contributed by atoms with van der Waals surface area (Å²) in [6.45, 7) is 0.862. The van der Waals surface area contributed by atoms with Gasteiger partial charge in [-0.15, -0.1) is 11.3 Å². The van der Waals surface area contributed by atoms with Crippen molar-refractivity contribution in [2.75, 3.05) is 5.32 Å². The van der Waals surface area contributed by atoms with Crippen LogP contribution in [0.3, 0.4) is 0 Å². The van der Waals surface area contributed by atoms with Gasteiger partial charge in [-0.25, -0.2) is 9.97 Å². The number of aryl methyl sites for hydroxylation is 1. The molecule has 1 amide bonds. The lowest BCUT2D eigenvalue weighted by Gasteiger charge is -2.22. The molecule has 1 unspecified atom stereocenters. The monoisotopic (exact) mass is 298 g/mol. The number of hydrogen-bond donors (Lipinski definition) is 1. The van der Waals surface area contributed by atoms with Crippen LogP contribution < -0.4 is 5.32 Å². The van der Waals surface area contributed by atoms with Gasteiger partial charge in [0.1, 0.15) is 0 Å². The number of nitrogens with zero attached hydrogens (tertiary/aromatic N) is 3. The number of thiazole rings is 1. The predicted octanol–water partition coefficient (Wildman–Crippen LogP) is 2.69. The fourth-order valence-corrected chi connectivity index (χ4v) is 3.49. The molecule has 106 valence electrons. The molecule has 21 heavy (non-hydrogen) atoms. The van der Waals surface area contributed by atoms with Crippen LogP contribution in [0.4, 0.5) is 5.69 Å². The molecule has 0 bridgehead atoms. The molecule has 2 aromatic heterocycles. The molecule has 1 aliphatic heterocycles. The number of imidazole rings is 1. The number of hydrogen-bond acceptors (Lipinski definition) is 4. The van der Waals surface area contributed by atoms with Crippen LogP contribution in [0.1, 0.15) is 12.1 Å². The van der Waals surface area contributed by atoms with Crippen LogP contribution in [0.15, 0.2) is 36.2 Å². The maximum atomic E-state index is 12.4. The largest absolute Gasteiger partial charge is 0.335 e. The van der Waals surface area contributed by atoms with Gasteiger partial charge in [-0.2, -0.15) is 0 Å². The van der Waals surface area contributed by atoms with Crippen molar-refractivity contribution >= 4 is 33.1 Å². The van der Waals surface area contributed by atoms with Crippen molar-refractivity contribution in [3.05, 3.63) is 41.9 Å². The second kappa shape index (κ2) is 4.96. The van der Waals surface area contributed by atoms with E-state index >= 15 is 0 Å². The lowest BCUT2D eigenvalue weighted by molar-refractivity contribution is -0.120. The summed E-state index contributed by atoms with van der Waals surface area (Å²) in [6, 6.07) is 5.84. The average Bonchev–Trinajstić information content (AvgIpc) is 3.14. The van der Waals surface area contributed by atoms with Crippen LogP contribution in [0.2, 0.25) is 0 Å². The van der Waals surface area contributed by atoms with E-state index in [0.29, 0.717) is 0 Å². The number of rotatable bonds is 2. The van der Waals surface area contributed by atoms with Crippen molar-refractivity contribution in [3.8, 4) is 0 Å². The van der Waals surface area contributed by atoms with Crippen molar-refractivity contribution in [2.45, 2.75) is 19.4 Å². The number of nitrogens with one attached hydrogen (secondary N) is 1. The van der Waals surface area contributed by atoms with E-state index in [0.717, 1.165) is 41.0 Å². The maximum absolute atomic E-state index is 12.4. The van der Waals surface area contributed by atoms with Gasteiger partial charge < -0.3 is 9.88 Å². The van der Waals surface area contributed by atoms with Crippen LogP contribution in [-0.4, -0.2) is 20.4 Å². The predicted molar refractivity (Wildman–Crippen MR) is 82.3 cm³/mol. The Kier molecular flexibility index (Phi) is 2.96. The molecule has 1 N–H and O–H groups in total. The molecule has 3 heterocycles. The van der Waals surface area contributed by atoms with Crippen LogP contribution in [0.5, 0.6) is 0 Å². The van der Waals surface area contributed by atoms with E-state index in [-0.39, 0.29) is 11.8 Å². The van der Waals surface area contributed by atoms with Crippen LogP contribution in [0.25, 0.3) is 10.2 Å². The molecule has 1 aromatic carbocycles. The van der Waals surface area contributed by atoms with E-state index in [4.69, 9.17) is 0 Å². The summed E-state index contributed by atoms with van der Waals surface area (Å²) < 4.78 is 3.21. The van der Waals surface area contributed by atoms with Crippen LogP contribution in [-0.2, 0) is 17.8 Å². The van der Waals surface area contributed by atoms with E-state index in [2.05, 4.69) is 19.9 Å². The molecular formula is C15H14N4OS. The van der Waals surface area contributed by atoms with Crippen molar-refractivity contribution < 1.29 is 4.79 Å². The molecule has 1 aliphatic rings. The summed E-state index contributed by atoms with van der Waals surface area (Å²) in [6.07, 6.45) is 5.30. The molecule has 6 heteroatoms. The second-order valence-electron chi connectivity index (χ2n) is 5.29. The van der Waals surface area contributed by atoms with Gasteiger partial charge in [-0.05, 0) is 24.6 Å². The normalized spacial score (nSPS) is 17.6. The zero-order valence-electron chi connectivity index (χ0n) is 11.3. The highest BCUT2D eigenvalue weighted by molar-refractivity contribution is 7.16. The number of aromatic nitrogens is 3. The Morgan fingerprint density at radius 2 is 2.38 bits per heavy atom. The van der Waals surface area contributed by atoms with Gasteiger partial charge in [-0.3, -0.25) is 4.79 Å². The van der Waals surface area contributed by atoms with Gasteiger partial charge in [0.05, 0.1) is 22.1 Å². The highest BCUT2D eigenvalue weighted by Crippen LogP contribution is 2.24. The number of anilines is 1. The molecule has 0 aliphatic carbocycles. The van der Waals surface area contributed by atoms with E-state index < -0.39 is 0 Å². The number of fused-ring (bicyclic) bond motifs is 2. The summed E-state index contributed by atoms with van der Waals surface area (Å²) in [5, 5.41) is 3.03. The van der Waals surface area contributed by atoms with E-state index in [9.17, 15) is 4.79 Å². The molecular weight excluding hydrogens is 284 g/mol. The van der Waals surface area contributed by atoms with Crippen molar-refractivity contribution in [3.63, 3.8) is 0 Å². The Morgan fingerprint density at radius 1 is 1.43 bits per heavy atom. The zero-order chi connectivity index (χ0) is 14.2. The first kappa shape index (κ1) is 12.5. The molecule has 5 nitrogen and oxygen atoms in total. The first-order valence-electron chi connectivity index (χ1n) is 6.93. The Bertz CT molecular complexity index is 807. The minimum atomic E-state index is 0.0198. The van der Waals surface area contributed by atoms with Gasteiger partial charge in [0.15, 0.2) is 0 Å². The average molecular weight is 298 g/mol. The summed E-state index contributed by atoms with van der Waals surface area (Å²) in [7, 11) is 0. The smallest absolute Gasteiger partial charge is 0.227 e. The molecule has 0 fully saturated rings. The fourth-order valence-electron chi connectivity index (χ4n) is 2.77. The van der Waals surface area contributed by atoms with Crippen molar-refractivity contribution in [1.29, 1.82) is 0 Å². The minimum absolute atomic E-state index is 0.0198. The Balaban J connectivity index is 1.50. The molecule has 0 radical (unpaired) electrons. The zero-order valence-corrected chi connectivity index (χ0v) is 12.1. The first-order valence-corrected chi connectivity index (χ1v) is 7.81. The highest BCUT2D eigenvalue weighted by atomic mass is 32.1. The standard InChI is InChI=1S/C15H14N4OS/c20-15(10-3-4-19-8-16-7-12(19)5-10)18-11-1-2-13-14(6-11)21-9-17-13/h1-2,6-10H,3-5H2,(H,18,20). The van der Waals surface area contributed by atoms with Gasteiger partial charge in [0.25, 0.3) is 0 Å². The third-order valence-corrected chi connectivity index (χ3v) is 4.73.